The maximum atomic E-state index is 4.63. The predicted molar refractivity (Wildman–Crippen MR) is 87.1 cm³/mol. The highest BCUT2D eigenvalue weighted by molar-refractivity contribution is 7.99. The average Bonchev–Trinajstić information content (AvgIpc) is 2.87. The van der Waals surface area contributed by atoms with Crippen LogP contribution in [0.5, 0.6) is 0 Å². The normalized spacial score (nSPS) is 11.0. The van der Waals surface area contributed by atoms with E-state index in [1.54, 1.807) is 29.9 Å². The molecule has 0 amide bonds. The molecule has 0 atom stereocenters. The summed E-state index contributed by atoms with van der Waals surface area (Å²) in [5.41, 5.74) is 0. The van der Waals surface area contributed by atoms with Crippen molar-refractivity contribution in [2.75, 3.05) is 11.9 Å². The number of aromatic nitrogens is 4. The number of thiophene rings is 1. The molecule has 0 aliphatic rings. The largest absolute Gasteiger partial charge is 0.354 e. The zero-order valence-corrected chi connectivity index (χ0v) is 13.5. The van der Waals surface area contributed by atoms with Gasteiger partial charge in [-0.3, -0.25) is 4.98 Å². The monoisotopic (exact) mass is 317 g/mol. The first-order valence-electron chi connectivity index (χ1n) is 6.72. The summed E-state index contributed by atoms with van der Waals surface area (Å²) in [5, 5.41) is 6.09. The Morgan fingerprint density at radius 3 is 2.95 bits per heavy atom. The second-order valence-corrected chi connectivity index (χ2v) is 6.74. The van der Waals surface area contributed by atoms with Gasteiger partial charge >= 0.3 is 0 Å². The van der Waals surface area contributed by atoms with Crippen molar-refractivity contribution < 1.29 is 0 Å². The SMILES string of the molecule is CCCNc1nc(Sc2cnccn2)c2cc(C)sc2n1. The van der Waals surface area contributed by atoms with E-state index in [1.165, 1.54) is 16.6 Å². The van der Waals surface area contributed by atoms with Gasteiger partial charge in [-0.05, 0) is 31.2 Å². The van der Waals surface area contributed by atoms with Crippen molar-refractivity contribution >= 4 is 39.3 Å². The molecule has 3 aromatic rings. The summed E-state index contributed by atoms with van der Waals surface area (Å²) in [6, 6.07) is 2.13. The third kappa shape index (κ3) is 3.30. The summed E-state index contributed by atoms with van der Waals surface area (Å²) in [6.45, 7) is 5.07. The first-order chi connectivity index (χ1) is 10.3. The van der Waals surface area contributed by atoms with E-state index in [1.807, 2.05) is 0 Å². The maximum Gasteiger partial charge on any atom is 0.225 e. The summed E-state index contributed by atoms with van der Waals surface area (Å²) >= 11 is 3.20. The van der Waals surface area contributed by atoms with Crippen LogP contribution in [-0.4, -0.2) is 26.5 Å². The number of hydrogen-bond donors (Lipinski definition) is 1. The minimum Gasteiger partial charge on any atom is -0.354 e. The fourth-order valence-electron chi connectivity index (χ4n) is 1.85. The number of nitrogens with zero attached hydrogens (tertiary/aromatic N) is 4. The van der Waals surface area contributed by atoms with Crippen molar-refractivity contribution in [2.24, 2.45) is 0 Å². The van der Waals surface area contributed by atoms with E-state index in [9.17, 15) is 0 Å². The molecule has 0 radical (unpaired) electrons. The smallest absolute Gasteiger partial charge is 0.225 e. The molecule has 3 aromatic heterocycles. The van der Waals surface area contributed by atoms with Crippen LogP contribution in [0.2, 0.25) is 0 Å². The molecule has 0 saturated carbocycles. The lowest BCUT2D eigenvalue weighted by molar-refractivity contribution is 0.946. The van der Waals surface area contributed by atoms with Gasteiger partial charge in [0.25, 0.3) is 0 Å². The lowest BCUT2D eigenvalue weighted by Gasteiger charge is -2.06. The number of rotatable bonds is 5. The lowest BCUT2D eigenvalue weighted by Crippen LogP contribution is -2.04. The van der Waals surface area contributed by atoms with Crippen molar-refractivity contribution in [3.8, 4) is 0 Å². The predicted octanol–water partition coefficient (Wildman–Crippen LogP) is 3.76. The molecule has 3 heterocycles. The zero-order chi connectivity index (χ0) is 14.7. The topological polar surface area (TPSA) is 63.6 Å². The van der Waals surface area contributed by atoms with Gasteiger partial charge in [0, 0.05) is 29.2 Å². The van der Waals surface area contributed by atoms with Gasteiger partial charge in [0.1, 0.15) is 14.9 Å². The molecular formula is C14H15N5S2. The first kappa shape index (κ1) is 14.2. The van der Waals surface area contributed by atoms with Gasteiger partial charge in [-0.2, -0.15) is 0 Å². The summed E-state index contributed by atoms with van der Waals surface area (Å²) in [6.07, 6.45) is 6.15. The summed E-state index contributed by atoms with van der Waals surface area (Å²) < 4.78 is 0. The summed E-state index contributed by atoms with van der Waals surface area (Å²) in [4.78, 5) is 19.8. The third-order valence-electron chi connectivity index (χ3n) is 2.75. The highest BCUT2D eigenvalue weighted by atomic mass is 32.2. The van der Waals surface area contributed by atoms with Crippen molar-refractivity contribution in [3.63, 3.8) is 0 Å². The second-order valence-electron chi connectivity index (χ2n) is 4.50. The Labute approximate surface area is 131 Å². The van der Waals surface area contributed by atoms with Crippen LogP contribution in [0.25, 0.3) is 10.2 Å². The number of anilines is 1. The van der Waals surface area contributed by atoms with Gasteiger partial charge in [-0.1, -0.05) is 6.92 Å². The van der Waals surface area contributed by atoms with Gasteiger partial charge in [0.15, 0.2) is 0 Å². The molecule has 0 aromatic carbocycles. The van der Waals surface area contributed by atoms with Gasteiger partial charge in [-0.25, -0.2) is 15.0 Å². The molecule has 5 nitrogen and oxygen atoms in total. The molecule has 7 heteroatoms. The molecule has 0 bridgehead atoms. The van der Waals surface area contributed by atoms with Gasteiger partial charge in [0.05, 0.1) is 6.20 Å². The van der Waals surface area contributed by atoms with Crippen LogP contribution in [0.15, 0.2) is 34.7 Å². The number of aryl methyl sites for hydroxylation is 1. The van der Waals surface area contributed by atoms with Crippen LogP contribution >= 0.6 is 23.1 Å². The maximum absolute atomic E-state index is 4.63. The molecule has 3 rings (SSSR count). The molecule has 1 N–H and O–H groups in total. The molecule has 0 aliphatic heterocycles. The molecule has 108 valence electrons. The third-order valence-corrected chi connectivity index (χ3v) is 4.62. The van der Waals surface area contributed by atoms with Crippen LogP contribution in [-0.2, 0) is 0 Å². The summed E-state index contributed by atoms with van der Waals surface area (Å²) in [7, 11) is 0. The molecule has 21 heavy (non-hydrogen) atoms. The minimum absolute atomic E-state index is 0.678. The zero-order valence-electron chi connectivity index (χ0n) is 11.8. The fraction of sp³-hybridized carbons (Fsp3) is 0.286. The van der Waals surface area contributed by atoms with E-state index in [0.717, 1.165) is 33.2 Å². The van der Waals surface area contributed by atoms with Crippen LogP contribution in [0.3, 0.4) is 0 Å². The highest BCUT2D eigenvalue weighted by Gasteiger charge is 2.12. The van der Waals surface area contributed by atoms with Gasteiger partial charge < -0.3 is 5.32 Å². The van der Waals surface area contributed by atoms with E-state index in [4.69, 9.17) is 0 Å². The van der Waals surface area contributed by atoms with Gasteiger partial charge in [0.2, 0.25) is 5.95 Å². The molecule has 0 aliphatic carbocycles. The average molecular weight is 317 g/mol. The number of hydrogen-bond acceptors (Lipinski definition) is 7. The van der Waals surface area contributed by atoms with Crippen molar-refractivity contribution in [1.82, 2.24) is 19.9 Å². The van der Waals surface area contributed by atoms with E-state index >= 15 is 0 Å². The number of nitrogens with one attached hydrogen (secondary N) is 1. The quantitative estimate of drug-likeness (QED) is 0.723. The Bertz CT molecular complexity index is 742. The van der Waals surface area contributed by atoms with Crippen LogP contribution < -0.4 is 5.32 Å². The van der Waals surface area contributed by atoms with Crippen molar-refractivity contribution in [1.29, 1.82) is 0 Å². The highest BCUT2D eigenvalue weighted by Crippen LogP contribution is 2.34. The van der Waals surface area contributed by atoms with Gasteiger partial charge in [-0.15, -0.1) is 11.3 Å². The van der Waals surface area contributed by atoms with Crippen molar-refractivity contribution in [2.45, 2.75) is 30.3 Å². The Hall–Kier alpha value is -1.73. The fourth-order valence-corrected chi connectivity index (χ4v) is 3.61. The van der Waals surface area contributed by atoms with Crippen LogP contribution in [0.4, 0.5) is 5.95 Å². The van der Waals surface area contributed by atoms with E-state index in [2.05, 4.69) is 45.2 Å². The minimum atomic E-state index is 0.678. The first-order valence-corrected chi connectivity index (χ1v) is 8.35. The molecule has 0 saturated heterocycles. The molecule has 0 fully saturated rings. The Morgan fingerprint density at radius 2 is 2.19 bits per heavy atom. The van der Waals surface area contributed by atoms with E-state index < -0.39 is 0 Å². The van der Waals surface area contributed by atoms with E-state index in [-0.39, 0.29) is 0 Å². The Kier molecular flexibility index (Phi) is 4.31. The number of fused-ring (bicyclic) bond motifs is 1. The van der Waals surface area contributed by atoms with Crippen LogP contribution in [0, 0.1) is 6.92 Å². The Morgan fingerprint density at radius 1 is 1.29 bits per heavy atom. The van der Waals surface area contributed by atoms with Crippen molar-refractivity contribution in [3.05, 3.63) is 29.5 Å². The molecule has 0 unspecified atom stereocenters. The molecule has 0 spiro atoms. The molecular weight excluding hydrogens is 302 g/mol. The Balaban J connectivity index is 2.01. The van der Waals surface area contributed by atoms with E-state index in [0.29, 0.717) is 5.95 Å². The second kappa shape index (κ2) is 6.36. The summed E-state index contributed by atoms with van der Waals surface area (Å²) in [5.74, 6) is 0.678. The lowest BCUT2D eigenvalue weighted by atomic mass is 10.4. The van der Waals surface area contributed by atoms with Crippen LogP contribution in [0.1, 0.15) is 18.2 Å². The standard InChI is InChI=1S/C14H15N5S2/c1-3-4-17-14-18-12-10(7-9(2)20-12)13(19-14)21-11-8-15-5-6-16-11/h5-8H,3-4H2,1-2H3,(H,17,18,19).